The lowest BCUT2D eigenvalue weighted by atomic mass is 9.97. The van der Waals surface area contributed by atoms with Gasteiger partial charge in [0.2, 0.25) is 0 Å². The number of nitrogen functional groups attached to an aromatic ring is 1. The number of aromatic nitrogens is 4. The van der Waals surface area contributed by atoms with Gasteiger partial charge in [-0.25, -0.2) is 15.0 Å². The van der Waals surface area contributed by atoms with Crippen molar-refractivity contribution >= 4 is 23.1 Å². The average Bonchev–Trinajstić information content (AvgIpc) is 3.34. The smallest absolute Gasteiger partial charge is 0.382 e. The van der Waals surface area contributed by atoms with Crippen molar-refractivity contribution in [3.8, 4) is 11.3 Å². The number of rotatable bonds is 7. The number of carbonyl (C=O) groups is 1. The summed E-state index contributed by atoms with van der Waals surface area (Å²) in [4.78, 5) is 28.1. The van der Waals surface area contributed by atoms with E-state index >= 15 is 0 Å². The molecule has 1 unspecified atom stereocenters. The first-order valence-corrected chi connectivity index (χ1v) is 12.9. The van der Waals surface area contributed by atoms with Crippen molar-refractivity contribution in [2.24, 2.45) is 0 Å². The van der Waals surface area contributed by atoms with Crippen molar-refractivity contribution in [2.45, 2.75) is 31.9 Å². The molecule has 12 heteroatoms. The molecule has 0 spiro atoms. The molecule has 1 fully saturated rings. The molecule has 1 saturated heterocycles. The second kappa shape index (κ2) is 10.9. The van der Waals surface area contributed by atoms with Crippen LogP contribution in [0.3, 0.4) is 0 Å². The number of pyridine rings is 1. The summed E-state index contributed by atoms with van der Waals surface area (Å²) in [5.41, 5.74) is 7.69. The average molecular weight is 551 g/mol. The van der Waals surface area contributed by atoms with Crippen LogP contribution in [0.25, 0.3) is 16.8 Å². The van der Waals surface area contributed by atoms with E-state index in [9.17, 15) is 18.0 Å². The van der Waals surface area contributed by atoms with E-state index in [2.05, 4.69) is 32.1 Å². The van der Waals surface area contributed by atoms with Gasteiger partial charge in [0.15, 0.2) is 0 Å². The van der Waals surface area contributed by atoms with Crippen LogP contribution in [0.4, 0.5) is 24.8 Å². The maximum atomic E-state index is 13.0. The molecule has 208 valence electrons. The molecule has 9 nitrogen and oxygen atoms in total. The van der Waals surface area contributed by atoms with Crippen LogP contribution >= 0.6 is 0 Å². The lowest BCUT2D eigenvalue weighted by Gasteiger charge is -2.35. The second-order valence-electron chi connectivity index (χ2n) is 9.57. The summed E-state index contributed by atoms with van der Waals surface area (Å²) in [5.74, 6) is 1.45. The summed E-state index contributed by atoms with van der Waals surface area (Å²) in [7, 11) is 0. The first-order chi connectivity index (χ1) is 19.2. The minimum absolute atomic E-state index is 0.136. The number of likely N-dealkylation sites (tertiary alicyclic amines) is 1. The van der Waals surface area contributed by atoms with Crippen molar-refractivity contribution in [1.82, 2.24) is 29.6 Å². The molecule has 0 aliphatic carbocycles. The number of amides is 1. The fourth-order valence-corrected chi connectivity index (χ4v) is 4.97. The third-order valence-corrected chi connectivity index (χ3v) is 6.91. The number of carbonyl (C=O) groups excluding carboxylic acids is 1. The number of anilines is 2. The molecule has 0 bridgehead atoms. The molecular weight excluding hydrogens is 521 g/mol. The van der Waals surface area contributed by atoms with Crippen molar-refractivity contribution in [1.29, 1.82) is 0 Å². The van der Waals surface area contributed by atoms with Crippen LogP contribution in [0.2, 0.25) is 0 Å². The van der Waals surface area contributed by atoms with Gasteiger partial charge in [0, 0.05) is 55.3 Å². The fraction of sp³-hybridized carbons (Fsp3) is 0.286. The van der Waals surface area contributed by atoms with E-state index < -0.39 is 17.6 Å². The van der Waals surface area contributed by atoms with Crippen molar-refractivity contribution in [2.75, 3.05) is 30.7 Å². The van der Waals surface area contributed by atoms with Crippen molar-refractivity contribution < 1.29 is 18.0 Å². The van der Waals surface area contributed by atoms with Crippen LogP contribution in [0, 0.1) is 0 Å². The SMILES string of the molecule is C=C(NCC)N1CCCC(c2nc(-c3ccc(C(=O)Nc4cc(C(F)(F)F)ccn4)cc3)c3c(N)nccn23)C1. The molecule has 3 aromatic heterocycles. The molecular formula is C28H29F3N8O. The molecule has 40 heavy (non-hydrogen) atoms. The number of halogens is 3. The number of fused-ring (bicyclic) bond motifs is 1. The number of hydrogen-bond acceptors (Lipinski definition) is 7. The zero-order valence-corrected chi connectivity index (χ0v) is 21.9. The van der Waals surface area contributed by atoms with E-state index in [0.29, 0.717) is 17.0 Å². The largest absolute Gasteiger partial charge is 0.416 e. The van der Waals surface area contributed by atoms with Gasteiger partial charge in [0.1, 0.15) is 28.7 Å². The number of nitrogens with one attached hydrogen (secondary N) is 2. The van der Waals surface area contributed by atoms with E-state index in [1.165, 1.54) is 0 Å². The molecule has 4 heterocycles. The molecule has 4 N–H and O–H groups in total. The molecule has 1 aromatic carbocycles. The Kier molecular flexibility index (Phi) is 7.33. The fourth-order valence-electron chi connectivity index (χ4n) is 4.97. The molecule has 1 aliphatic rings. The first-order valence-electron chi connectivity index (χ1n) is 12.9. The van der Waals surface area contributed by atoms with Gasteiger partial charge in [0.05, 0.1) is 11.4 Å². The van der Waals surface area contributed by atoms with E-state index in [0.717, 1.165) is 68.0 Å². The Hall–Kier alpha value is -4.61. The maximum absolute atomic E-state index is 13.0. The lowest BCUT2D eigenvalue weighted by molar-refractivity contribution is -0.137. The lowest BCUT2D eigenvalue weighted by Crippen LogP contribution is -2.38. The van der Waals surface area contributed by atoms with Gasteiger partial charge in [-0.1, -0.05) is 18.7 Å². The molecule has 1 atom stereocenters. The number of hydrogen-bond donors (Lipinski definition) is 3. The highest BCUT2D eigenvalue weighted by molar-refractivity contribution is 6.04. The van der Waals surface area contributed by atoms with Crippen LogP contribution in [-0.2, 0) is 6.18 Å². The topological polar surface area (TPSA) is 113 Å². The van der Waals surface area contributed by atoms with E-state index in [1.54, 1.807) is 30.5 Å². The van der Waals surface area contributed by atoms with Crippen LogP contribution in [0.5, 0.6) is 0 Å². The van der Waals surface area contributed by atoms with Gasteiger partial charge in [-0.15, -0.1) is 0 Å². The standard InChI is InChI=1S/C28H29F3N8O/c1-3-33-17(2)38-13-4-5-20(16-38)26-37-23(24-25(32)35-12-14-39(24)26)18-6-8-19(9-7-18)27(40)36-22-15-21(10-11-34-22)28(29,30)31/h6-12,14-15,20,33H,2-5,13,16H2,1H3,(H2,32,35)(H,34,36,40). The number of piperidine rings is 1. The van der Waals surface area contributed by atoms with Crippen LogP contribution in [0.1, 0.15) is 47.4 Å². The number of imidazole rings is 1. The highest BCUT2D eigenvalue weighted by Gasteiger charge is 2.31. The number of benzene rings is 1. The highest BCUT2D eigenvalue weighted by atomic mass is 19.4. The van der Waals surface area contributed by atoms with E-state index in [-0.39, 0.29) is 17.3 Å². The van der Waals surface area contributed by atoms with Gasteiger partial charge in [-0.3, -0.25) is 9.20 Å². The number of nitrogens with zero attached hydrogens (tertiary/aromatic N) is 5. The van der Waals surface area contributed by atoms with Crippen LogP contribution in [0.15, 0.2) is 67.4 Å². The minimum atomic E-state index is -4.54. The molecule has 4 aromatic rings. The quantitative estimate of drug-likeness (QED) is 0.300. The first kappa shape index (κ1) is 27.0. The Balaban J connectivity index is 1.42. The Morgan fingerprint density at radius 2 is 1.95 bits per heavy atom. The van der Waals surface area contributed by atoms with Gasteiger partial charge in [-0.05, 0) is 44.0 Å². The zero-order valence-electron chi connectivity index (χ0n) is 21.9. The Morgan fingerprint density at radius 3 is 2.67 bits per heavy atom. The minimum Gasteiger partial charge on any atom is -0.382 e. The Bertz CT molecular complexity index is 1550. The normalized spacial score (nSPS) is 15.7. The van der Waals surface area contributed by atoms with Gasteiger partial charge < -0.3 is 21.3 Å². The zero-order chi connectivity index (χ0) is 28.4. The summed E-state index contributed by atoms with van der Waals surface area (Å²) in [6.45, 7) is 8.67. The monoisotopic (exact) mass is 550 g/mol. The molecule has 1 aliphatic heterocycles. The van der Waals surface area contributed by atoms with Gasteiger partial charge in [-0.2, -0.15) is 13.2 Å². The maximum Gasteiger partial charge on any atom is 0.416 e. The Labute approximate surface area is 228 Å². The summed E-state index contributed by atoms with van der Waals surface area (Å²) >= 11 is 0. The van der Waals surface area contributed by atoms with E-state index in [4.69, 9.17) is 10.7 Å². The molecule has 0 radical (unpaired) electrons. The number of alkyl halides is 3. The molecule has 5 rings (SSSR count). The second-order valence-corrected chi connectivity index (χ2v) is 9.57. The summed E-state index contributed by atoms with van der Waals surface area (Å²) in [6, 6.07) is 8.26. The predicted molar refractivity (Wildman–Crippen MR) is 146 cm³/mol. The highest BCUT2D eigenvalue weighted by Crippen LogP contribution is 2.34. The summed E-state index contributed by atoms with van der Waals surface area (Å²) in [5, 5.41) is 5.71. The summed E-state index contributed by atoms with van der Waals surface area (Å²) in [6.07, 6.45) is 1.90. The van der Waals surface area contributed by atoms with E-state index in [1.807, 2.05) is 17.5 Å². The van der Waals surface area contributed by atoms with Crippen molar-refractivity contribution in [3.05, 3.63) is 84.3 Å². The Morgan fingerprint density at radius 1 is 1.18 bits per heavy atom. The predicted octanol–water partition coefficient (Wildman–Crippen LogP) is 4.90. The molecule has 0 saturated carbocycles. The van der Waals surface area contributed by atoms with Gasteiger partial charge in [0.25, 0.3) is 5.91 Å². The third-order valence-electron chi connectivity index (χ3n) is 6.91. The van der Waals surface area contributed by atoms with Crippen LogP contribution < -0.4 is 16.4 Å². The van der Waals surface area contributed by atoms with Crippen molar-refractivity contribution in [3.63, 3.8) is 0 Å². The number of nitrogens with two attached hydrogens (primary N) is 1. The molecule has 1 amide bonds. The van der Waals surface area contributed by atoms with Gasteiger partial charge >= 0.3 is 6.18 Å². The summed E-state index contributed by atoms with van der Waals surface area (Å²) < 4.78 is 41.0. The van der Waals surface area contributed by atoms with Crippen LogP contribution in [-0.4, -0.2) is 49.8 Å². The third kappa shape index (κ3) is 5.42.